The average Bonchev–Trinajstić information content (AvgIpc) is 2.44. The maximum Gasteiger partial charge on any atom is 0.336 e. The van der Waals surface area contributed by atoms with E-state index < -0.39 is 5.97 Å². The van der Waals surface area contributed by atoms with Gasteiger partial charge in [-0.05, 0) is 25.5 Å². The van der Waals surface area contributed by atoms with Crippen molar-refractivity contribution in [1.82, 2.24) is 4.98 Å². The maximum absolute atomic E-state index is 11.3. The highest BCUT2D eigenvalue weighted by Crippen LogP contribution is 2.21. The van der Waals surface area contributed by atoms with Crippen LogP contribution >= 0.6 is 0 Å². The SMILES string of the molecule is COCCC(C)Nc1cc(C(=O)O)c2ccccc2n1. The largest absolute Gasteiger partial charge is 0.478 e. The number of hydrogen-bond acceptors (Lipinski definition) is 4. The van der Waals surface area contributed by atoms with Crippen LogP contribution in [0, 0.1) is 0 Å². The van der Waals surface area contributed by atoms with Gasteiger partial charge in [0.15, 0.2) is 0 Å². The molecule has 5 heteroatoms. The summed E-state index contributed by atoms with van der Waals surface area (Å²) in [7, 11) is 1.66. The van der Waals surface area contributed by atoms with Crippen molar-refractivity contribution in [2.45, 2.75) is 19.4 Å². The molecule has 20 heavy (non-hydrogen) atoms. The van der Waals surface area contributed by atoms with E-state index in [0.29, 0.717) is 23.3 Å². The first-order valence-electron chi connectivity index (χ1n) is 6.50. The van der Waals surface area contributed by atoms with Gasteiger partial charge in [-0.3, -0.25) is 0 Å². The summed E-state index contributed by atoms with van der Waals surface area (Å²) in [6.07, 6.45) is 0.827. The van der Waals surface area contributed by atoms with Gasteiger partial charge in [-0.1, -0.05) is 18.2 Å². The molecule has 2 aromatic rings. The number of methoxy groups -OCH3 is 1. The van der Waals surface area contributed by atoms with E-state index in [-0.39, 0.29) is 11.6 Å². The zero-order chi connectivity index (χ0) is 14.5. The minimum Gasteiger partial charge on any atom is -0.478 e. The predicted molar refractivity (Wildman–Crippen MR) is 78.3 cm³/mol. The number of benzene rings is 1. The number of rotatable bonds is 6. The molecule has 0 aliphatic heterocycles. The van der Waals surface area contributed by atoms with Gasteiger partial charge in [0.1, 0.15) is 5.82 Å². The summed E-state index contributed by atoms with van der Waals surface area (Å²) in [6, 6.07) is 8.97. The fraction of sp³-hybridized carbons (Fsp3) is 0.333. The number of nitrogens with one attached hydrogen (secondary N) is 1. The normalized spacial score (nSPS) is 12.3. The van der Waals surface area contributed by atoms with Crippen molar-refractivity contribution in [1.29, 1.82) is 0 Å². The summed E-state index contributed by atoms with van der Waals surface area (Å²) >= 11 is 0. The summed E-state index contributed by atoms with van der Waals surface area (Å²) in [5.74, 6) is -0.374. The van der Waals surface area contributed by atoms with Gasteiger partial charge >= 0.3 is 5.97 Å². The highest BCUT2D eigenvalue weighted by Gasteiger charge is 2.12. The number of carbonyl (C=O) groups is 1. The Morgan fingerprint density at radius 3 is 2.90 bits per heavy atom. The first-order chi connectivity index (χ1) is 9.61. The Balaban J connectivity index is 2.32. The van der Waals surface area contributed by atoms with E-state index in [4.69, 9.17) is 4.74 Å². The molecular weight excluding hydrogens is 256 g/mol. The summed E-state index contributed by atoms with van der Waals surface area (Å²) < 4.78 is 5.03. The molecule has 1 heterocycles. The van der Waals surface area contributed by atoms with Crippen molar-refractivity contribution in [3.63, 3.8) is 0 Å². The van der Waals surface area contributed by atoms with Crippen LogP contribution in [0.25, 0.3) is 10.9 Å². The molecule has 0 aliphatic carbocycles. The number of hydrogen-bond donors (Lipinski definition) is 2. The van der Waals surface area contributed by atoms with E-state index in [9.17, 15) is 9.90 Å². The Kier molecular flexibility index (Phi) is 4.53. The predicted octanol–water partition coefficient (Wildman–Crippen LogP) is 2.77. The molecule has 2 rings (SSSR count). The zero-order valence-corrected chi connectivity index (χ0v) is 11.6. The van der Waals surface area contributed by atoms with Gasteiger partial charge < -0.3 is 15.2 Å². The smallest absolute Gasteiger partial charge is 0.336 e. The van der Waals surface area contributed by atoms with Crippen LogP contribution in [0.2, 0.25) is 0 Å². The molecule has 0 radical (unpaired) electrons. The third kappa shape index (κ3) is 3.24. The van der Waals surface area contributed by atoms with Gasteiger partial charge in [0, 0.05) is 25.1 Å². The van der Waals surface area contributed by atoms with Crippen LogP contribution in [0.3, 0.4) is 0 Å². The van der Waals surface area contributed by atoms with E-state index >= 15 is 0 Å². The van der Waals surface area contributed by atoms with Crippen LogP contribution in [0.1, 0.15) is 23.7 Å². The Hall–Kier alpha value is -2.14. The maximum atomic E-state index is 11.3. The molecule has 0 bridgehead atoms. The van der Waals surface area contributed by atoms with Gasteiger partial charge in [-0.15, -0.1) is 0 Å². The molecule has 0 saturated carbocycles. The van der Waals surface area contributed by atoms with Crippen LogP contribution < -0.4 is 5.32 Å². The van der Waals surface area contributed by atoms with Crippen LogP contribution in [0.4, 0.5) is 5.82 Å². The highest BCUT2D eigenvalue weighted by atomic mass is 16.5. The molecule has 2 N–H and O–H groups in total. The number of para-hydroxylation sites is 1. The van der Waals surface area contributed by atoms with E-state index in [0.717, 1.165) is 6.42 Å². The highest BCUT2D eigenvalue weighted by molar-refractivity contribution is 6.03. The van der Waals surface area contributed by atoms with Crippen molar-refractivity contribution in [3.8, 4) is 0 Å². The van der Waals surface area contributed by atoms with Crippen LogP contribution in [0.5, 0.6) is 0 Å². The van der Waals surface area contributed by atoms with Gasteiger partial charge in [0.25, 0.3) is 0 Å². The minimum absolute atomic E-state index is 0.158. The Labute approximate surface area is 117 Å². The van der Waals surface area contributed by atoms with E-state index in [1.807, 2.05) is 25.1 Å². The van der Waals surface area contributed by atoms with E-state index in [1.165, 1.54) is 0 Å². The number of anilines is 1. The third-order valence-corrected chi connectivity index (χ3v) is 3.10. The molecule has 0 saturated heterocycles. The van der Waals surface area contributed by atoms with Gasteiger partial charge in [-0.25, -0.2) is 9.78 Å². The van der Waals surface area contributed by atoms with Crippen LogP contribution in [-0.2, 0) is 4.74 Å². The Morgan fingerprint density at radius 1 is 1.45 bits per heavy atom. The van der Waals surface area contributed by atoms with E-state index in [2.05, 4.69) is 10.3 Å². The number of aromatic carboxylic acids is 1. The molecule has 0 spiro atoms. The number of aromatic nitrogens is 1. The molecule has 1 aromatic heterocycles. The lowest BCUT2D eigenvalue weighted by Crippen LogP contribution is -2.18. The Bertz CT molecular complexity index is 613. The zero-order valence-electron chi connectivity index (χ0n) is 11.6. The quantitative estimate of drug-likeness (QED) is 0.847. The van der Waals surface area contributed by atoms with Crippen LogP contribution in [0.15, 0.2) is 30.3 Å². The molecule has 0 amide bonds. The molecule has 0 aliphatic rings. The molecule has 106 valence electrons. The monoisotopic (exact) mass is 274 g/mol. The molecule has 0 fully saturated rings. The van der Waals surface area contributed by atoms with Gasteiger partial charge in [-0.2, -0.15) is 0 Å². The second-order valence-electron chi connectivity index (χ2n) is 4.70. The minimum atomic E-state index is -0.948. The number of pyridine rings is 1. The number of carboxylic acids is 1. The fourth-order valence-electron chi connectivity index (χ4n) is 2.05. The van der Waals surface area contributed by atoms with Crippen molar-refractivity contribution in [2.24, 2.45) is 0 Å². The number of ether oxygens (including phenoxy) is 1. The first-order valence-corrected chi connectivity index (χ1v) is 6.50. The molecular formula is C15H18N2O3. The third-order valence-electron chi connectivity index (χ3n) is 3.10. The molecule has 1 unspecified atom stereocenters. The topological polar surface area (TPSA) is 71.5 Å². The van der Waals surface area contributed by atoms with Crippen molar-refractivity contribution >= 4 is 22.7 Å². The number of nitrogens with zero attached hydrogens (tertiary/aromatic N) is 1. The Morgan fingerprint density at radius 2 is 2.20 bits per heavy atom. The first kappa shape index (κ1) is 14.3. The summed E-state index contributed by atoms with van der Waals surface area (Å²) in [4.78, 5) is 15.8. The second-order valence-corrected chi connectivity index (χ2v) is 4.70. The number of fused-ring (bicyclic) bond motifs is 1. The summed E-state index contributed by atoms with van der Waals surface area (Å²) in [5.41, 5.74) is 0.936. The lowest BCUT2D eigenvalue weighted by molar-refractivity contribution is 0.0699. The second kappa shape index (κ2) is 6.34. The van der Waals surface area contributed by atoms with Crippen LogP contribution in [-0.4, -0.2) is 35.8 Å². The lowest BCUT2D eigenvalue weighted by Gasteiger charge is -2.15. The van der Waals surface area contributed by atoms with Gasteiger partial charge in [0.05, 0.1) is 11.1 Å². The molecule has 5 nitrogen and oxygen atoms in total. The fourth-order valence-corrected chi connectivity index (χ4v) is 2.05. The molecule has 1 aromatic carbocycles. The van der Waals surface area contributed by atoms with Crippen molar-refractivity contribution < 1.29 is 14.6 Å². The summed E-state index contributed by atoms with van der Waals surface area (Å²) in [6.45, 7) is 2.66. The van der Waals surface area contributed by atoms with Crippen molar-refractivity contribution in [3.05, 3.63) is 35.9 Å². The molecule has 1 atom stereocenters. The van der Waals surface area contributed by atoms with Gasteiger partial charge in [0.2, 0.25) is 0 Å². The van der Waals surface area contributed by atoms with Crippen molar-refractivity contribution in [2.75, 3.05) is 19.0 Å². The number of carboxylic acid groups (broad SMARTS) is 1. The van der Waals surface area contributed by atoms with E-state index in [1.54, 1.807) is 19.2 Å². The average molecular weight is 274 g/mol. The summed E-state index contributed by atoms with van der Waals surface area (Å²) in [5, 5.41) is 13.2. The standard InChI is InChI=1S/C15H18N2O3/c1-10(7-8-20-2)16-14-9-12(15(18)19)11-5-3-4-6-13(11)17-14/h3-6,9-10H,7-8H2,1-2H3,(H,16,17)(H,18,19). The lowest BCUT2D eigenvalue weighted by atomic mass is 10.1.